The van der Waals surface area contributed by atoms with Crippen LogP contribution in [0.3, 0.4) is 0 Å². The first-order chi connectivity index (χ1) is 8.85. The van der Waals surface area contributed by atoms with Crippen LogP contribution in [0.1, 0.15) is 49.8 Å². The molecule has 1 aliphatic carbocycles. The number of fused-ring (bicyclic) bond motifs is 1. The van der Waals surface area contributed by atoms with E-state index < -0.39 is 0 Å². The van der Waals surface area contributed by atoms with Crippen LogP contribution in [0.25, 0.3) is 0 Å². The number of nitrogens with one attached hydrogen (secondary N) is 1. The summed E-state index contributed by atoms with van der Waals surface area (Å²) in [5.74, 6) is 1.21. The van der Waals surface area contributed by atoms with Gasteiger partial charge in [0.2, 0.25) is 0 Å². The third-order valence-corrected chi connectivity index (χ3v) is 4.35. The van der Waals surface area contributed by atoms with E-state index in [4.69, 9.17) is 0 Å². The third kappa shape index (κ3) is 3.55. The Hall–Kier alpha value is -0.410. The molecule has 1 aliphatic rings. The fourth-order valence-corrected chi connectivity index (χ4v) is 3.17. The Morgan fingerprint density at radius 3 is 3.06 bits per heavy atom. The summed E-state index contributed by atoms with van der Waals surface area (Å²) in [4.78, 5) is 0. The minimum Gasteiger partial charge on any atom is -0.353 e. The van der Waals surface area contributed by atoms with Crippen LogP contribution in [0, 0.1) is 0 Å². The van der Waals surface area contributed by atoms with Gasteiger partial charge in [-0.15, -0.1) is 0 Å². The molecule has 1 N–H and O–H groups in total. The summed E-state index contributed by atoms with van der Waals surface area (Å²) < 4.78 is 2.40. The molecule has 0 aliphatic heterocycles. The summed E-state index contributed by atoms with van der Waals surface area (Å²) in [6.45, 7) is 4.53. The number of aromatic nitrogens is 1. The van der Waals surface area contributed by atoms with Gasteiger partial charge in [0.15, 0.2) is 0 Å². The molecular weight excluding hydrogens is 240 g/mol. The van der Waals surface area contributed by atoms with Gasteiger partial charge in [0.25, 0.3) is 0 Å². The normalized spacial score (nSPS) is 19.6. The first-order valence-corrected chi connectivity index (χ1v) is 8.65. The van der Waals surface area contributed by atoms with Crippen LogP contribution < -0.4 is 5.32 Å². The van der Waals surface area contributed by atoms with Gasteiger partial charge < -0.3 is 9.88 Å². The Morgan fingerprint density at radius 1 is 1.39 bits per heavy atom. The highest BCUT2D eigenvalue weighted by atomic mass is 32.2. The number of hydrogen-bond donors (Lipinski definition) is 1. The minimum atomic E-state index is 0.595. The maximum atomic E-state index is 3.72. The lowest BCUT2D eigenvalue weighted by Crippen LogP contribution is -2.21. The highest BCUT2D eigenvalue weighted by Crippen LogP contribution is 2.29. The van der Waals surface area contributed by atoms with Gasteiger partial charge in [-0.3, -0.25) is 0 Å². The first-order valence-electron chi connectivity index (χ1n) is 7.26. The summed E-state index contributed by atoms with van der Waals surface area (Å²) in [5.41, 5.74) is 3.16. The topological polar surface area (TPSA) is 17.0 Å². The van der Waals surface area contributed by atoms with Crippen molar-refractivity contribution in [2.45, 2.75) is 51.6 Å². The van der Waals surface area contributed by atoms with E-state index in [-0.39, 0.29) is 0 Å². The Kier molecular flexibility index (Phi) is 5.64. The first kappa shape index (κ1) is 14.0. The zero-order valence-corrected chi connectivity index (χ0v) is 12.6. The molecule has 102 valence electrons. The second kappa shape index (κ2) is 7.25. The highest BCUT2D eigenvalue weighted by Gasteiger charge is 2.19. The minimum absolute atomic E-state index is 0.595. The zero-order valence-electron chi connectivity index (χ0n) is 11.7. The molecule has 1 aromatic heterocycles. The van der Waals surface area contributed by atoms with Crippen molar-refractivity contribution in [2.24, 2.45) is 0 Å². The molecule has 3 heteroatoms. The molecule has 0 bridgehead atoms. The third-order valence-electron chi connectivity index (χ3n) is 3.76. The Labute approximate surface area is 116 Å². The maximum Gasteiger partial charge on any atom is 0.0338 e. The van der Waals surface area contributed by atoms with E-state index in [9.17, 15) is 0 Å². The SMILES string of the molecule is CCCNC1CCCCc2cn(CCSC)cc21. The molecule has 2 nitrogen and oxygen atoms in total. The Balaban J connectivity index is 2.09. The van der Waals surface area contributed by atoms with Crippen LogP contribution in [-0.2, 0) is 13.0 Å². The summed E-state index contributed by atoms with van der Waals surface area (Å²) >= 11 is 1.92. The van der Waals surface area contributed by atoms with E-state index in [0.717, 1.165) is 13.1 Å². The second-order valence-corrected chi connectivity index (χ2v) is 6.21. The molecule has 0 radical (unpaired) electrons. The molecule has 2 rings (SSSR count). The van der Waals surface area contributed by atoms with Gasteiger partial charge in [-0.25, -0.2) is 0 Å². The van der Waals surface area contributed by atoms with Gasteiger partial charge in [-0.1, -0.05) is 13.3 Å². The molecule has 0 saturated carbocycles. The number of thioether (sulfide) groups is 1. The molecule has 0 amide bonds. The van der Waals surface area contributed by atoms with E-state index in [0.29, 0.717) is 6.04 Å². The van der Waals surface area contributed by atoms with Gasteiger partial charge in [-0.2, -0.15) is 11.8 Å². The van der Waals surface area contributed by atoms with E-state index >= 15 is 0 Å². The van der Waals surface area contributed by atoms with Crippen molar-refractivity contribution in [2.75, 3.05) is 18.6 Å². The quantitative estimate of drug-likeness (QED) is 0.792. The van der Waals surface area contributed by atoms with Crippen molar-refractivity contribution in [3.8, 4) is 0 Å². The smallest absolute Gasteiger partial charge is 0.0338 e. The molecule has 0 aromatic carbocycles. The highest BCUT2D eigenvalue weighted by molar-refractivity contribution is 7.98. The van der Waals surface area contributed by atoms with Gasteiger partial charge >= 0.3 is 0 Å². The largest absolute Gasteiger partial charge is 0.353 e. The average Bonchev–Trinajstić information content (AvgIpc) is 2.70. The van der Waals surface area contributed by atoms with Crippen molar-refractivity contribution in [1.82, 2.24) is 9.88 Å². The van der Waals surface area contributed by atoms with E-state index in [1.165, 1.54) is 37.9 Å². The molecule has 0 saturated heterocycles. The molecule has 0 fully saturated rings. The lowest BCUT2D eigenvalue weighted by molar-refractivity contribution is 0.488. The average molecular weight is 266 g/mol. The molecule has 18 heavy (non-hydrogen) atoms. The lowest BCUT2D eigenvalue weighted by atomic mass is 10.0. The van der Waals surface area contributed by atoms with Crippen molar-refractivity contribution in [3.63, 3.8) is 0 Å². The number of nitrogens with zero attached hydrogens (tertiary/aromatic N) is 1. The lowest BCUT2D eigenvalue weighted by Gasteiger charge is -2.16. The summed E-state index contributed by atoms with van der Waals surface area (Å²) in [6, 6.07) is 0.595. The van der Waals surface area contributed by atoms with Crippen LogP contribution >= 0.6 is 11.8 Å². The molecule has 0 spiro atoms. The van der Waals surface area contributed by atoms with Crippen molar-refractivity contribution < 1.29 is 0 Å². The van der Waals surface area contributed by atoms with Crippen LogP contribution in [0.4, 0.5) is 0 Å². The molecule has 1 unspecified atom stereocenters. The monoisotopic (exact) mass is 266 g/mol. The number of rotatable bonds is 6. The number of aryl methyl sites for hydroxylation is 2. The van der Waals surface area contributed by atoms with Gasteiger partial charge in [-0.05, 0) is 49.6 Å². The second-order valence-electron chi connectivity index (χ2n) is 5.22. The fraction of sp³-hybridized carbons (Fsp3) is 0.733. The summed E-state index contributed by atoms with van der Waals surface area (Å²) in [5, 5.41) is 3.72. The van der Waals surface area contributed by atoms with Crippen LogP contribution in [0.2, 0.25) is 0 Å². The van der Waals surface area contributed by atoms with Gasteiger partial charge in [0.05, 0.1) is 0 Å². The van der Waals surface area contributed by atoms with Crippen molar-refractivity contribution in [3.05, 3.63) is 23.5 Å². The van der Waals surface area contributed by atoms with Gasteiger partial charge in [0.1, 0.15) is 0 Å². The Bertz CT molecular complexity index is 359. The zero-order chi connectivity index (χ0) is 12.8. The number of hydrogen-bond acceptors (Lipinski definition) is 2. The van der Waals surface area contributed by atoms with Crippen LogP contribution in [-0.4, -0.2) is 23.1 Å². The molecule has 1 aromatic rings. The van der Waals surface area contributed by atoms with Crippen molar-refractivity contribution in [1.29, 1.82) is 0 Å². The Morgan fingerprint density at radius 2 is 2.28 bits per heavy atom. The predicted molar refractivity (Wildman–Crippen MR) is 81.4 cm³/mol. The standard InChI is InChI=1S/C15H26N2S/c1-3-8-16-15-7-5-4-6-13-11-17(9-10-18-2)12-14(13)15/h11-12,15-16H,3-10H2,1-2H3. The predicted octanol–water partition coefficient (Wildman–Crippen LogP) is 3.62. The maximum absolute atomic E-state index is 3.72. The molecule has 1 atom stereocenters. The molecule has 1 heterocycles. The molecular formula is C15H26N2S. The summed E-state index contributed by atoms with van der Waals surface area (Å²) in [7, 11) is 0. The summed E-state index contributed by atoms with van der Waals surface area (Å²) in [6.07, 6.45) is 13.5. The van der Waals surface area contributed by atoms with Gasteiger partial charge in [0, 0.05) is 30.7 Å². The van der Waals surface area contributed by atoms with Crippen LogP contribution in [0.15, 0.2) is 12.4 Å². The van der Waals surface area contributed by atoms with E-state index in [1.54, 1.807) is 11.1 Å². The fourth-order valence-electron chi connectivity index (χ4n) is 2.77. The van der Waals surface area contributed by atoms with Crippen LogP contribution in [0.5, 0.6) is 0 Å². The van der Waals surface area contributed by atoms with E-state index in [1.807, 2.05) is 11.8 Å². The van der Waals surface area contributed by atoms with E-state index in [2.05, 4.69) is 35.5 Å². The van der Waals surface area contributed by atoms with Crippen molar-refractivity contribution >= 4 is 11.8 Å².